The van der Waals surface area contributed by atoms with Crippen LogP contribution in [0.1, 0.15) is 18.0 Å². The minimum absolute atomic E-state index is 0.0921. The number of hydrogen-bond donors (Lipinski definition) is 0. The van der Waals surface area contributed by atoms with Crippen molar-refractivity contribution in [3.05, 3.63) is 65.7 Å². The van der Waals surface area contributed by atoms with Gasteiger partial charge < -0.3 is 8.98 Å². The lowest BCUT2D eigenvalue weighted by Gasteiger charge is -2.19. The molecule has 3 aromatic heterocycles. The highest BCUT2D eigenvalue weighted by molar-refractivity contribution is 7.89. The van der Waals surface area contributed by atoms with Crippen molar-refractivity contribution in [1.82, 2.24) is 18.8 Å². The Morgan fingerprint density at radius 3 is 2.87 bits per heavy atom. The Labute approximate surface area is 179 Å². The molecule has 0 spiro atoms. The third-order valence-corrected chi connectivity index (χ3v) is 7.77. The van der Waals surface area contributed by atoms with Crippen LogP contribution in [0, 0.1) is 6.92 Å². The highest BCUT2D eigenvalue weighted by Crippen LogP contribution is 2.34. The second-order valence-corrected chi connectivity index (χ2v) is 9.73. The molecule has 4 heterocycles. The number of benzene rings is 1. The van der Waals surface area contributed by atoms with Crippen LogP contribution >= 0.6 is 11.6 Å². The van der Waals surface area contributed by atoms with Gasteiger partial charge in [-0.3, -0.25) is 0 Å². The molecule has 154 valence electrons. The highest BCUT2D eigenvalue weighted by atomic mass is 35.5. The van der Waals surface area contributed by atoms with Crippen LogP contribution in [-0.2, 0) is 10.0 Å². The minimum atomic E-state index is -3.65. The molecule has 30 heavy (non-hydrogen) atoms. The van der Waals surface area contributed by atoms with E-state index in [9.17, 15) is 8.42 Å². The number of furan rings is 1. The summed E-state index contributed by atoms with van der Waals surface area (Å²) in [5.74, 6) is 0.722. The summed E-state index contributed by atoms with van der Waals surface area (Å²) >= 11 is 6.17. The van der Waals surface area contributed by atoms with E-state index in [2.05, 4.69) is 4.98 Å². The third kappa shape index (κ3) is 3.12. The van der Waals surface area contributed by atoms with Gasteiger partial charge in [-0.05, 0) is 49.2 Å². The molecule has 1 aromatic carbocycles. The van der Waals surface area contributed by atoms with E-state index in [0.717, 1.165) is 28.1 Å². The van der Waals surface area contributed by atoms with Crippen LogP contribution in [0.5, 0.6) is 0 Å². The first-order valence-electron chi connectivity index (χ1n) is 9.57. The topological polar surface area (TPSA) is 81.2 Å². The second-order valence-electron chi connectivity index (χ2n) is 7.38. The quantitative estimate of drug-likeness (QED) is 0.471. The summed E-state index contributed by atoms with van der Waals surface area (Å²) in [5, 5.41) is 0.443. The SMILES string of the molecule is Cc1ccc(S(=O)(=O)N2CCC(n3c(-c4ccoc4)nc4cccnc43)C2)cc1Cl. The first-order valence-corrected chi connectivity index (χ1v) is 11.4. The summed E-state index contributed by atoms with van der Waals surface area (Å²) in [6.07, 6.45) is 5.61. The molecule has 9 heteroatoms. The molecule has 0 radical (unpaired) electrons. The third-order valence-electron chi connectivity index (χ3n) is 5.50. The molecular weight excluding hydrogens is 424 g/mol. The van der Waals surface area contributed by atoms with Crippen molar-refractivity contribution in [2.24, 2.45) is 0 Å². The number of pyridine rings is 1. The predicted octanol–water partition coefficient (Wildman–Crippen LogP) is 4.29. The number of aryl methyl sites for hydroxylation is 1. The zero-order valence-electron chi connectivity index (χ0n) is 16.2. The van der Waals surface area contributed by atoms with Crippen molar-refractivity contribution in [2.45, 2.75) is 24.3 Å². The largest absolute Gasteiger partial charge is 0.472 e. The monoisotopic (exact) mass is 442 g/mol. The number of sulfonamides is 1. The molecule has 0 N–H and O–H groups in total. The van der Waals surface area contributed by atoms with Gasteiger partial charge in [0, 0.05) is 24.3 Å². The van der Waals surface area contributed by atoms with Gasteiger partial charge in [-0.1, -0.05) is 17.7 Å². The van der Waals surface area contributed by atoms with Crippen LogP contribution in [0.2, 0.25) is 5.02 Å². The summed E-state index contributed by atoms with van der Waals surface area (Å²) in [5.41, 5.74) is 3.17. The number of nitrogens with zero attached hydrogens (tertiary/aromatic N) is 4. The molecule has 5 rings (SSSR count). The molecule has 1 aliphatic rings. The number of fused-ring (bicyclic) bond motifs is 1. The smallest absolute Gasteiger partial charge is 0.243 e. The Morgan fingerprint density at radius 2 is 2.10 bits per heavy atom. The molecule has 0 amide bonds. The van der Waals surface area contributed by atoms with Crippen LogP contribution in [0.3, 0.4) is 0 Å². The van der Waals surface area contributed by atoms with Crippen molar-refractivity contribution in [3.8, 4) is 11.4 Å². The molecule has 1 aliphatic heterocycles. The molecule has 0 saturated carbocycles. The molecule has 4 aromatic rings. The van der Waals surface area contributed by atoms with E-state index >= 15 is 0 Å². The molecule has 0 aliphatic carbocycles. The van der Waals surface area contributed by atoms with Gasteiger partial charge in [0.2, 0.25) is 10.0 Å². The normalized spacial score (nSPS) is 17.7. The molecule has 0 bridgehead atoms. The van der Waals surface area contributed by atoms with Crippen molar-refractivity contribution in [1.29, 1.82) is 0 Å². The van der Waals surface area contributed by atoms with Crippen molar-refractivity contribution in [3.63, 3.8) is 0 Å². The first kappa shape index (κ1) is 19.3. The van der Waals surface area contributed by atoms with E-state index in [1.54, 1.807) is 30.9 Å². The van der Waals surface area contributed by atoms with Crippen molar-refractivity contribution in [2.75, 3.05) is 13.1 Å². The van der Waals surface area contributed by atoms with E-state index in [0.29, 0.717) is 24.5 Å². The number of hydrogen-bond acceptors (Lipinski definition) is 5. The Bertz CT molecular complexity index is 1330. The maximum atomic E-state index is 13.2. The fraction of sp³-hybridized carbons (Fsp3) is 0.238. The van der Waals surface area contributed by atoms with Crippen LogP contribution in [-0.4, -0.2) is 40.3 Å². The van der Waals surface area contributed by atoms with Crippen LogP contribution in [0.25, 0.3) is 22.6 Å². The lowest BCUT2D eigenvalue weighted by atomic mass is 10.2. The van der Waals surface area contributed by atoms with Crippen molar-refractivity contribution < 1.29 is 12.8 Å². The minimum Gasteiger partial charge on any atom is -0.472 e. The van der Waals surface area contributed by atoms with E-state index in [1.807, 2.05) is 29.7 Å². The first-order chi connectivity index (χ1) is 14.4. The highest BCUT2D eigenvalue weighted by Gasteiger charge is 2.35. The molecule has 1 unspecified atom stereocenters. The standard InChI is InChI=1S/C21H19ClN4O3S/c1-14-4-5-17(11-18(14)22)30(27,28)25-9-6-16(12-25)26-20(15-7-10-29-13-15)24-19-3-2-8-23-21(19)26/h2-5,7-8,10-11,13,16H,6,9,12H2,1H3. The predicted molar refractivity (Wildman–Crippen MR) is 114 cm³/mol. The maximum Gasteiger partial charge on any atom is 0.243 e. The summed E-state index contributed by atoms with van der Waals surface area (Å²) in [6, 6.07) is 10.3. The summed E-state index contributed by atoms with van der Waals surface area (Å²) < 4.78 is 35.2. The van der Waals surface area contributed by atoms with Gasteiger partial charge in [0.25, 0.3) is 0 Å². The van der Waals surface area contributed by atoms with E-state index < -0.39 is 10.0 Å². The lowest BCUT2D eigenvalue weighted by Crippen LogP contribution is -2.29. The van der Waals surface area contributed by atoms with E-state index in [1.165, 1.54) is 10.4 Å². The molecule has 7 nitrogen and oxygen atoms in total. The zero-order chi connectivity index (χ0) is 20.9. The molecule has 1 fully saturated rings. The Kier molecular flexibility index (Phi) is 4.65. The van der Waals surface area contributed by atoms with Gasteiger partial charge in [-0.2, -0.15) is 4.31 Å². The lowest BCUT2D eigenvalue weighted by molar-refractivity contribution is 0.455. The van der Waals surface area contributed by atoms with Gasteiger partial charge in [0.15, 0.2) is 5.65 Å². The number of aromatic nitrogens is 3. The molecule has 1 saturated heterocycles. The number of halogens is 1. The Balaban J connectivity index is 1.53. The number of rotatable bonds is 4. The summed E-state index contributed by atoms with van der Waals surface area (Å²) in [7, 11) is -3.65. The van der Waals surface area contributed by atoms with Gasteiger partial charge in [-0.15, -0.1) is 0 Å². The molecular formula is C21H19ClN4O3S. The molecule has 1 atom stereocenters. The van der Waals surface area contributed by atoms with Gasteiger partial charge in [-0.25, -0.2) is 18.4 Å². The van der Waals surface area contributed by atoms with Gasteiger partial charge in [0.05, 0.1) is 22.8 Å². The summed E-state index contributed by atoms with van der Waals surface area (Å²) in [4.78, 5) is 9.44. The van der Waals surface area contributed by atoms with Crippen molar-refractivity contribution >= 4 is 32.8 Å². The van der Waals surface area contributed by atoms with Crippen LogP contribution in [0.15, 0.2) is 64.4 Å². The average Bonchev–Trinajstić information content (AvgIpc) is 3.48. The average molecular weight is 443 g/mol. The fourth-order valence-corrected chi connectivity index (χ4v) is 5.66. The Morgan fingerprint density at radius 1 is 1.23 bits per heavy atom. The van der Waals surface area contributed by atoms with Gasteiger partial charge >= 0.3 is 0 Å². The zero-order valence-corrected chi connectivity index (χ0v) is 17.8. The Hall–Kier alpha value is -2.68. The van der Waals surface area contributed by atoms with Gasteiger partial charge in [0.1, 0.15) is 17.6 Å². The maximum absolute atomic E-state index is 13.2. The van der Waals surface area contributed by atoms with E-state index in [-0.39, 0.29) is 10.9 Å². The van der Waals surface area contributed by atoms with Crippen LogP contribution < -0.4 is 0 Å². The van der Waals surface area contributed by atoms with E-state index in [4.69, 9.17) is 21.0 Å². The van der Waals surface area contributed by atoms with Crippen LogP contribution in [0.4, 0.5) is 0 Å². The number of imidazole rings is 1. The summed E-state index contributed by atoms with van der Waals surface area (Å²) in [6.45, 7) is 2.59. The fourth-order valence-electron chi connectivity index (χ4n) is 3.89. The second kappa shape index (κ2) is 7.23.